The zero-order valence-corrected chi connectivity index (χ0v) is 21.3. The molecule has 0 unspecified atom stereocenters. The van der Waals surface area contributed by atoms with Crippen LogP contribution in [-0.4, -0.2) is 37.7 Å². The number of rotatable bonds is 7. The predicted octanol–water partition coefficient (Wildman–Crippen LogP) is 6.12. The average molecular weight is 557 g/mol. The quantitative estimate of drug-likeness (QED) is 0.298. The van der Waals surface area contributed by atoms with Crippen molar-refractivity contribution in [3.8, 4) is 28.6 Å². The van der Waals surface area contributed by atoms with Gasteiger partial charge in [-0.2, -0.15) is 4.98 Å². The van der Waals surface area contributed by atoms with Crippen molar-refractivity contribution in [3.05, 3.63) is 45.9 Å². The molecule has 1 aromatic heterocycles. The number of anilines is 1. The molecule has 1 aliphatic carbocycles. The fourth-order valence-electron chi connectivity index (χ4n) is 3.83. The number of aromatic nitrogens is 2. The molecule has 4 rings (SSSR count). The summed E-state index contributed by atoms with van der Waals surface area (Å²) in [7, 11) is -4.05. The second-order valence-corrected chi connectivity index (χ2v) is 11.5. The second-order valence-electron chi connectivity index (χ2n) is 8.33. The van der Waals surface area contributed by atoms with Gasteiger partial charge in [-0.1, -0.05) is 16.8 Å². The molecule has 3 aromatic rings. The Balaban J connectivity index is 1.47. The van der Waals surface area contributed by atoms with E-state index in [0.29, 0.717) is 47.3 Å². The molecular formula is C22H24BrClN3O5P. The van der Waals surface area contributed by atoms with Gasteiger partial charge in [0.15, 0.2) is 0 Å². The number of nitrogens with zero attached hydrogens (tertiary/aromatic N) is 2. The molecule has 2 aromatic carbocycles. The third kappa shape index (κ3) is 5.78. The number of ether oxygens (including phenoxy) is 1. The third-order valence-corrected chi connectivity index (χ3v) is 7.81. The maximum atomic E-state index is 11.5. The molecule has 0 bridgehead atoms. The van der Waals surface area contributed by atoms with E-state index in [-0.39, 0.29) is 12.1 Å². The van der Waals surface area contributed by atoms with Crippen molar-refractivity contribution in [3.63, 3.8) is 0 Å². The van der Waals surface area contributed by atoms with Crippen LogP contribution in [0.4, 0.5) is 5.69 Å². The highest BCUT2D eigenvalue weighted by Crippen LogP contribution is 2.49. The molecule has 1 aliphatic rings. The maximum absolute atomic E-state index is 11.5. The van der Waals surface area contributed by atoms with E-state index in [9.17, 15) is 14.4 Å². The van der Waals surface area contributed by atoms with Crippen LogP contribution in [0.15, 0.2) is 45.4 Å². The first-order valence-corrected chi connectivity index (χ1v) is 13.4. The van der Waals surface area contributed by atoms with Crippen LogP contribution in [0.5, 0.6) is 5.75 Å². The van der Waals surface area contributed by atoms with Gasteiger partial charge in [0.1, 0.15) is 5.75 Å². The first-order valence-electron chi connectivity index (χ1n) is 10.5. The highest BCUT2D eigenvalue weighted by Gasteiger charge is 2.36. The molecule has 2 atom stereocenters. The predicted molar refractivity (Wildman–Crippen MR) is 131 cm³/mol. The van der Waals surface area contributed by atoms with Crippen molar-refractivity contribution in [2.75, 3.05) is 5.32 Å². The summed E-state index contributed by atoms with van der Waals surface area (Å²) in [4.78, 5) is 23.3. The molecule has 0 aliphatic heterocycles. The van der Waals surface area contributed by atoms with Crippen LogP contribution < -0.4 is 10.1 Å². The van der Waals surface area contributed by atoms with Gasteiger partial charge in [0, 0.05) is 27.3 Å². The summed E-state index contributed by atoms with van der Waals surface area (Å²) in [5.41, 5.74) is 1.70. The Morgan fingerprint density at radius 3 is 2.61 bits per heavy atom. The van der Waals surface area contributed by atoms with E-state index in [1.54, 1.807) is 12.1 Å². The number of halogens is 2. The first-order chi connectivity index (χ1) is 15.6. The van der Waals surface area contributed by atoms with E-state index >= 15 is 0 Å². The van der Waals surface area contributed by atoms with Gasteiger partial charge in [-0.25, -0.2) is 0 Å². The minimum Gasteiger partial charge on any atom is -0.489 e. The molecule has 0 saturated heterocycles. The highest BCUT2D eigenvalue weighted by atomic mass is 79.9. The van der Waals surface area contributed by atoms with E-state index in [1.165, 1.54) is 0 Å². The summed E-state index contributed by atoms with van der Waals surface area (Å²) < 4.78 is 23.4. The molecule has 1 saturated carbocycles. The van der Waals surface area contributed by atoms with Gasteiger partial charge in [-0.05, 0) is 85.4 Å². The average Bonchev–Trinajstić information content (AvgIpc) is 3.40. The van der Waals surface area contributed by atoms with Crippen LogP contribution in [0.3, 0.4) is 0 Å². The normalized spacial score (nSPS) is 18.6. The van der Waals surface area contributed by atoms with Crippen molar-refractivity contribution >= 4 is 40.8 Å². The summed E-state index contributed by atoms with van der Waals surface area (Å²) in [6.07, 6.45) is 1.68. The molecular weight excluding hydrogens is 533 g/mol. The lowest BCUT2D eigenvalue weighted by Gasteiger charge is -2.17. The monoisotopic (exact) mass is 555 g/mol. The third-order valence-electron chi connectivity index (χ3n) is 5.44. The molecule has 0 radical (unpaired) electrons. The van der Waals surface area contributed by atoms with Gasteiger partial charge in [0.2, 0.25) is 5.82 Å². The number of hydrogen-bond donors (Lipinski definition) is 3. The zero-order chi connectivity index (χ0) is 23.8. The molecule has 0 amide bonds. The van der Waals surface area contributed by atoms with Gasteiger partial charge in [0.25, 0.3) is 5.89 Å². The molecule has 8 nitrogen and oxygen atoms in total. The first kappa shape index (κ1) is 24.2. The topological polar surface area (TPSA) is 118 Å². The van der Waals surface area contributed by atoms with Crippen LogP contribution in [0.25, 0.3) is 22.8 Å². The van der Waals surface area contributed by atoms with Gasteiger partial charge < -0.3 is 24.4 Å². The molecule has 0 spiro atoms. The number of benzene rings is 2. The van der Waals surface area contributed by atoms with Crippen molar-refractivity contribution in [1.29, 1.82) is 0 Å². The lowest BCUT2D eigenvalue weighted by atomic mass is 10.1. The van der Waals surface area contributed by atoms with Crippen LogP contribution in [-0.2, 0) is 4.57 Å². The Kier molecular flexibility index (Phi) is 7.17. The highest BCUT2D eigenvalue weighted by molar-refractivity contribution is 9.10. The Morgan fingerprint density at radius 1 is 1.21 bits per heavy atom. The minimum atomic E-state index is -4.05. The Labute approximate surface area is 205 Å². The van der Waals surface area contributed by atoms with Gasteiger partial charge in [-0.15, -0.1) is 0 Å². The van der Waals surface area contributed by atoms with Crippen molar-refractivity contribution < 1.29 is 23.6 Å². The largest absolute Gasteiger partial charge is 0.489 e. The molecule has 1 fully saturated rings. The second kappa shape index (κ2) is 9.76. The summed E-state index contributed by atoms with van der Waals surface area (Å²) in [5.74, 6) is 1.37. The van der Waals surface area contributed by atoms with Crippen LogP contribution in [0.2, 0.25) is 5.02 Å². The van der Waals surface area contributed by atoms with E-state index in [4.69, 9.17) is 20.9 Å². The fraction of sp³-hybridized carbons (Fsp3) is 0.364. The standard InChI is InChI=1S/C22H24BrClN3O5P/c1-12(2)31-20-8-4-13(10-18(20)24)21-26-22(32-27-21)14-3-7-19(17(23)9-14)25-15-5-6-16(11-15)33(28,29)30/h3-4,7-10,12,15-16,25H,5-6,11H2,1-2H3,(H2,28,29,30)/t15-,16+/m0/s1. The lowest BCUT2D eigenvalue weighted by Crippen LogP contribution is -2.17. The Hall–Kier alpha value is -1.90. The van der Waals surface area contributed by atoms with Gasteiger partial charge in [-0.3, -0.25) is 4.57 Å². The van der Waals surface area contributed by atoms with E-state index < -0.39 is 13.3 Å². The van der Waals surface area contributed by atoms with Gasteiger partial charge >= 0.3 is 7.60 Å². The van der Waals surface area contributed by atoms with E-state index in [1.807, 2.05) is 38.1 Å². The number of nitrogens with one attached hydrogen (secondary N) is 1. The van der Waals surface area contributed by atoms with Crippen LogP contribution >= 0.6 is 35.1 Å². The van der Waals surface area contributed by atoms with Crippen molar-refractivity contribution in [2.24, 2.45) is 0 Å². The van der Waals surface area contributed by atoms with Gasteiger partial charge in [0.05, 0.1) is 16.8 Å². The van der Waals surface area contributed by atoms with Crippen LogP contribution in [0, 0.1) is 0 Å². The van der Waals surface area contributed by atoms with E-state index in [0.717, 1.165) is 15.7 Å². The summed E-state index contributed by atoms with van der Waals surface area (Å²) >= 11 is 9.88. The fourth-order valence-corrected chi connectivity index (χ4v) is 5.56. The van der Waals surface area contributed by atoms with Crippen LogP contribution in [0.1, 0.15) is 33.1 Å². The summed E-state index contributed by atoms with van der Waals surface area (Å²) in [6.45, 7) is 3.86. The maximum Gasteiger partial charge on any atom is 0.328 e. The number of hydrogen-bond acceptors (Lipinski definition) is 6. The lowest BCUT2D eigenvalue weighted by molar-refractivity contribution is 0.242. The molecule has 176 valence electrons. The Bertz CT molecular complexity index is 1200. The minimum absolute atomic E-state index is 0.00665. The molecule has 1 heterocycles. The Morgan fingerprint density at radius 2 is 1.97 bits per heavy atom. The van der Waals surface area contributed by atoms with E-state index in [2.05, 4.69) is 31.4 Å². The SMILES string of the molecule is CC(C)Oc1ccc(-c2noc(-c3ccc(N[C@H]4CC[C@@H](P(=O)(O)O)C4)c(Br)c3)n2)cc1Cl. The molecule has 3 N–H and O–H groups in total. The molecule has 11 heteroatoms. The van der Waals surface area contributed by atoms with Crippen molar-refractivity contribution in [2.45, 2.75) is 50.9 Å². The van der Waals surface area contributed by atoms with Crippen molar-refractivity contribution in [1.82, 2.24) is 10.1 Å². The summed E-state index contributed by atoms with van der Waals surface area (Å²) in [6, 6.07) is 10.9. The zero-order valence-electron chi connectivity index (χ0n) is 18.0. The molecule has 33 heavy (non-hydrogen) atoms. The smallest absolute Gasteiger partial charge is 0.328 e. The summed E-state index contributed by atoms with van der Waals surface area (Å²) in [5, 5.41) is 7.90.